The van der Waals surface area contributed by atoms with E-state index >= 15 is 0 Å². The zero-order valence-electron chi connectivity index (χ0n) is 11.9. The average molecular weight is 362 g/mol. The molecule has 0 spiro atoms. The molecule has 1 heterocycles. The van der Waals surface area contributed by atoms with E-state index in [2.05, 4.69) is 14.9 Å². The molecular formula is C16H12ClN3OS2. The normalized spacial score (nSPS) is 10.5. The highest BCUT2D eigenvalue weighted by atomic mass is 35.5. The van der Waals surface area contributed by atoms with Crippen LogP contribution in [0.4, 0.5) is 5.69 Å². The molecule has 0 aliphatic heterocycles. The number of nitrogens with one attached hydrogen (secondary N) is 1. The summed E-state index contributed by atoms with van der Waals surface area (Å²) >= 11 is 8.75. The van der Waals surface area contributed by atoms with E-state index in [9.17, 15) is 4.79 Å². The van der Waals surface area contributed by atoms with Crippen LogP contribution in [0.1, 0.15) is 0 Å². The number of halogens is 1. The highest BCUT2D eigenvalue weighted by Gasteiger charge is 2.13. The number of amides is 1. The lowest BCUT2D eigenvalue weighted by Crippen LogP contribution is -2.14. The summed E-state index contributed by atoms with van der Waals surface area (Å²) in [6.07, 6.45) is 0. The number of benzene rings is 2. The summed E-state index contributed by atoms with van der Waals surface area (Å²) in [6, 6.07) is 17.0. The van der Waals surface area contributed by atoms with E-state index in [4.69, 9.17) is 11.6 Å². The summed E-state index contributed by atoms with van der Waals surface area (Å²) in [5, 5.41) is 7.48. The maximum absolute atomic E-state index is 12.1. The number of carbonyl (C=O) groups excluding carboxylic acids is 1. The lowest BCUT2D eigenvalue weighted by molar-refractivity contribution is -0.113. The second-order valence-electron chi connectivity index (χ2n) is 4.59. The topological polar surface area (TPSA) is 54.9 Å². The van der Waals surface area contributed by atoms with E-state index in [-0.39, 0.29) is 11.7 Å². The molecule has 3 aromatic rings. The molecule has 0 aliphatic carbocycles. The van der Waals surface area contributed by atoms with E-state index in [0.29, 0.717) is 10.7 Å². The van der Waals surface area contributed by atoms with Gasteiger partial charge in [-0.15, -0.1) is 16.9 Å². The summed E-state index contributed by atoms with van der Waals surface area (Å²) in [7, 11) is 0. The minimum atomic E-state index is -0.115. The van der Waals surface area contributed by atoms with Crippen molar-refractivity contribution in [1.29, 1.82) is 0 Å². The molecular weight excluding hydrogens is 350 g/mol. The average Bonchev–Trinajstić information content (AvgIpc) is 3.04. The number of anilines is 1. The second kappa shape index (κ2) is 7.59. The van der Waals surface area contributed by atoms with Crippen LogP contribution < -0.4 is 5.32 Å². The van der Waals surface area contributed by atoms with E-state index in [1.54, 1.807) is 12.1 Å². The number of para-hydroxylation sites is 1. The van der Waals surface area contributed by atoms with Crippen LogP contribution in [-0.2, 0) is 4.79 Å². The van der Waals surface area contributed by atoms with Crippen molar-refractivity contribution < 1.29 is 4.79 Å². The van der Waals surface area contributed by atoms with Crippen molar-refractivity contribution in [2.24, 2.45) is 0 Å². The maximum Gasteiger partial charge on any atom is 0.234 e. The first-order valence-electron chi connectivity index (χ1n) is 6.79. The van der Waals surface area contributed by atoms with Crippen LogP contribution in [0.5, 0.6) is 0 Å². The Balaban J connectivity index is 1.64. The van der Waals surface area contributed by atoms with Gasteiger partial charge in [-0.05, 0) is 23.7 Å². The van der Waals surface area contributed by atoms with Gasteiger partial charge in [-0.1, -0.05) is 58.6 Å². The number of hydrogen-bond acceptors (Lipinski definition) is 5. The van der Waals surface area contributed by atoms with Crippen LogP contribution in [0, 0.1) is 0 Å². The van der Waals surface area contributed by atoms with Gasteiger partial charge in [0.2, 0.25) is 5.91 Å². The fourth-order valence-corrected chi connectivity index (χ4v) is 3.67. The lowest BCUT2D eigenvalue weighted by atomic mass is 10.2. The van der Waals surface area contributed by atoms with Gasteiger partial charge in [0.05, 0.1) is 16.5 Å². The monoisotopic (exact) mass is 361 g/mol. The van der Waals surface area contributed by atoms with Gasteiger partial charge in [0.15, 0.2) is 0 Å². The van der Waals surface area contributed by atoms with Crippen molar-refractivity contribution in [2.45, 2.75) is 4.21 Å². The van der Waals surface area contributed by atoms with Crippen molar-refractivity contribution in [3.05, 3.63) is 59.6 Å². The fourth-order valence-electron chi connectivity index (χ4n) is 1.93. The molecule has 0 aliphatic rings. The van der Waals surface area contributed by atoms with Crippen molar-refractivity contribution in [1.82, 2.24) is 9.59 Å². The van der Waals surface area contributed by atoms with Crippen LogP contribution in [0.15, 0.2) is 58.8 Å². The van der Waals surface area contributed by atoms with Gasteiger partial charge in [0, 0.05) is 5.56 Å². The van der Waals surface area contributed by atoms with E-state index < -0.39 is 0 Å². The molecule has 1 N–H and O–H groups in total. The van der Waals surface area contributed by atoms with Crippen LogP contribution >= 0.6 is 34.9 Å². The van der Waals surface area contributed by atoms with Crippen LogP contribution in [0.25, 0.3) is 11.3 Å². The molecule has 2 aromatic carbocycles. The molecule has 4 nitrogen and oxygen atoms in total. The summed E-state index contributed by atoms with van der Waals surface area (Å²) < 4.78 is 4.91. The number of thioether (sulfide) groups is 1. The van der Waals surface area contributed by atoms with E-state index in [1.165, 1.54) is 23.3 Å². The Morgan fingerprint density at radius 3 is 2.65 bits per heavy atom. The van der Waals surface area contributed by atoms with Crippen LogP contribution in [-0.4, -0.2) is 21.2 Å². The molecule has 0 saturated carbocycles. The Kier molecular flexibility index (Phi) is 5.27. The molecule has 0 atom stereocenters. The fraction of sp³-hybridized carbons (Fsp3) is 0.0625. The molecule has 0 unspecified atom stereocenters. The Labute approximate surface area is 147 Å². The molecule has 0 radical (unpaired) electrons. The van der Waals surface area contributed by atoms with Crippen molar-refractivity contribution >= 4 is 46.5 Å². The van der Waals surface area contributed by atoms with Gasteiger partial charge in [0.25, 0.3) is 0 Å². The number of hydrogen-bond donors (Lipinski definition) is 1. The minimum Gasteiger partial charge on any atom is -0.324 e. The third-order valence-corrected chi connectivity index (χ3v) is 5.28. The van der Waals surface area contributed by atoms with Crippen molar-refractivity contribution in [2.75, 3.05) is 11.1 Å². The first-order valence-corrected chi connectivity index (χ1v) is 8.92. The SMILES string of the molecule is O=C(CSc1snnc1-c1ccccc1)Nc1ccccc1Cl. The third kappa shape index (κ3) is 4.10. The Morgan fingerprint density at radius 2 is 1.87 bits per heavy atom. The predicted molar refractivity (Wildman–Crippen MR) is 96.2 cm³/mol. The van der Waals surface area contributed by atoms with Gasteiger partial charge in [0.1, 0.15) is 9.90 Å². The summed E-state index contributed by atoms with van der Waals surface area (Å²) in [4.78, 5) is 12.1. The van der Waals surface area contributed by atoms with Crippen LogP contribution in [0.3, 0.4) is 0 Å². The van der Waals surface area contributed by atoms with Gasteiger partial charge in [-0.2, -0.15) is 0 Å². The minimum absolute atomic E-state index is 0.115. The molecule has 7 heteroatoms. The Morgan fingerprint density at radius 1 is 1.13 bits per heavy atom. The maximum atomic E-state index is 12.1. The Bertz CT molecular complexity index is 808. The molecule has 0 bridgehead atoms. The number of aromatic nitrogens is 2. The first-order chi connectivity index (χ1) is 11.2. The molecule has 116 valence electrons. The van der Waals surface area contributed by atoms with E-state index in [0.717, 1.165) is 15.5 Å². The summed E-state index contributed by atoms with van der Waals surface area (Å²) in [5.41, 5.74) is 2.42. The zero-order valence-corrected chi connectivity index (χ0v) is 14.3. The van der Waals surface area contributed by atoms with Gasteiger partial charge < -0.3 is 5.32 Å². The van der Waals surface area contributed by atoms with Crippen molar-refractivity contribution in [3.63, 3.8) is 0 Å². The molecule has 0 saturated heterocycles. The smallest absolute Gasteiger partial charge is 0.234 e. The standard InChI is InChI=1S/C16H12ClN3OS2/c17-12-8-4-5-9-13(12)18-14(21)10-22-16-15(19-20-23-16)11-6-2-1-3-7-11/h1-9H,10H2,(H,18,21). The molecule has 0 fully saturated rings. The number of carbonyl (C=O) groups is 1. The lowest BCUT2D eigenvalue weighted by Gasteiger charge is -2.06. The largest absolute Gasteiger partial charge is 0.324 e. The molecule has 1 aromatic heterocycles. The number of rotatable bonds is 5. The highest BCUT2D eigenvalue weighted by molar-refractivity contribution is 8.01. The predicted octanol–water partition coefficient (Wildman–Crippen LogP) is 4.59. The summed E-state index contributed by atoms with van der Waals surface area (Å²) in [6.45, 7) is 0. The zero-order chi connectivity index (χ0) is 16.1. The van der Waals surface area contributed by atoms with E-state index in [1.807, 2.05) is 42.5 Å². The molecule has 3 rings (SSSR count). The van der Waals surface area contributed by atoms with Crippen LogP contribution in [0.2, 0.25) is 5.02 Å². The first kappa shape index (κ1) is 16.0. The van der Waals surface area contributed by atoms with Gasteiger partial charge in [-0.25, -0.2) is 0 Å². The van der Waals surface area contributed by atoms with Crippen molar-refractivity contribution in [3.8, 4) is 11.3 Å². The third-order valence-electron chi connectivity index (χ3n) is 2.99. The molecule has 23 heavy (non-hydrogen) atoms. The number of nitrogens with zero attached hydrogens (tertiary/aromatic N) is 2. The highest BCUT2D eigenvalue weighted by Crippen LogP contribution is 2.32. The van der Waals surface area contributed by atoms with Gasteiger partial charge in [-0.3, -0.25) is 4.79 Å². The Hall–Kier alpha value is -1.89. The quantitative estimate of drug-likeness (QED) is 0.675. The van der Waals surface area contributed by atoms with Gasteiger partial charge >= 0.3 is 0 Å². The molecule has 1 amide bonds. The second-order valence-corrected chi connectivity index (χ2v) is 7.00. The summed E-state index contributed by atoms with van der Waals surface area (Å²) in [5.74, 6) is 0.157.